The van der Waals surface area contributed by atoms with Crippen molar-refractivity contribution in [2.45, 2.75) is 52.9 Å². The Hall–Kier alpha value is -2.38. The Balaban J connectivity index is 3.38. The molecule has 0 saturated heterocycles. The van der Waals surface area contributed by atoms with Crippen molar-refractivity contribution >= 4 is 5.97 Å². The Morgan fingerprint density at radius 3 is 1.86 bits per heavy atom. The number of esters is 1. The molecule has 1 atom stereocenters. The lowest BCUT2D eigenvalue weighted by molar-refractivity contribution is -0.143. The number of rotatable bonds is 7. The molecule has 0 aliphatic heterocycles. The molecule has 0 N–H and O–H groups in total. The maximum Gasteiger partial charge on any atom is 0.336 e. The molecular formula is C14H21N3O5. The Bertz CT molecular complexity index is 683. The van der Waals surface area contributed by atoms with Crippen LogP contribution in [0.4, 0.5) is 0 Å². The van der Waals surface area contributed by atoms with Crippen LogP contribution in [-0.4, -0.2) is 25.8 Å². The predicted molar refractivity (Wildman–Crippen MR) is 80.9 cm³/mol. The van der Waals surface area contributed by atoms with Crippen LogP contribution < -0.4 is 17.1 Å². The second-order valence-corrected chi connectivity index (χ2v) is 4.62. The van der Waals surface area contributed by atoms with E-state index < -0.39 is 29.1 Å². The highest BCUT2D eigenvalue weighted by atomic mass is 16.5. The third-order valence-electron chi connectivity index (χ3n) is 3.31. The van der Waals surface area contributed by atoms with Gasteiger partial charge in [0.15, 0.2) is 0 Å². The first-order valence-electron chi connectivity index (χ1n) is 7.18. The van der Waals surface area contributed by atoms with E-state index in [0.717, 1.165) is 19.8 Å². The summed E-state index contributed by atoms with van der Waals surface area (Å²) < 4.78 is 7.98. The highest BCUT2D eigenvalue weighted by Crippen LogP contribution is 2.00. The second kappa shape index (κ2) is 7.58. The van der Waals surface area contributed by atoms with Gasteiger partial charge in [-0.3, -0.25) is 0 Å². The van der Waals surface area contributed by atoms with Gasteiger partial charge in [-0.15, -0.1) is 0 Å². The molecule has 8 heteroatoms. The van der Waals surface area contributed by atoms with Crippen molar-refractivity contribution < 1.29 is 9.53 Å². The van der Waals surface area contributed by atoms with E-state index >= 15 is 0 Å². The summed E-state index contributed by atoms with van der Waals surface area (Å²) in [4.78, 5) is 47.8. The fraction of sp³-hybridized carbons (Fsp3) is 0.571. The summed E-state index contributed by atoms with van der Waals surface area (Å²) >= 11 is 0. The van der Waals surface area contributed by atoms with Crippen LogP contribution in [0.2, 0.25) is 0 Å². The van der Waals surface area contributed by atoms with Crippen LogP contribution in [0.5, 0.6) is 0 Å². The molecule has 8 nitrogen and oxygen atoms in total. The molecule has 0 aliphatic rings. The monoisotopic (exact) mass is 311 g/mol. The molecule has 1 aromatic rings. The zero-order chi connectivity index (χ0) is 16.9. The topological polar surface area (TPSA) is 92.3 Å². The number of hydrogen-bond donors (Lipinski definition) is 0. The Morgan fingerprint density at radius 1 is 1.05 bits per heavy atom. The molecule has 0 bridgehead atoms. The third kappa shape index (κ3) is 3.44. The summed E-state index contributed by atoms with van der Waals surface area (Å²) in [6.07, 6.45) is 0.787. The Morgan fingerprint density at radius 2 is 1.50 bits per heavy atom. The average molecular weight is 311 g/mol. The van der Waals surface area contributed by atoms with Gasteiger partial charge < -0.3 is 4.74 Å². The molecule has 1 rings (SSSR count). The molecular weight excluding hydrogens is 290 g/mol. The molecule has 0 radical (unpaired) electrons. The zero-order valence-electron chi connectivity index (χ0n) is 13.1. The van der Waals surface area contributed by atoms with Crippen LogP contribution >= 0.6 is 0 Å². The van der Waals surface area contributed by atoms with Gasteiger partial charge in [0.2, 0.25) is 0 Å². The van der Waals surface area contributed by atoms with Gasteiger partial charge in [0, 0.05) is 19.2 Å². The van der Waals surface area contributed by atoms with Crippen LogP contribution in [0.25, 0.3) is 0 Å². The summed E-state index contributed by atoms with van der Waals surface area (Å²) in [5.74, 6) is -0.625. The van der Waals surface area contributed by atoms with E-state index in [0.29, 0.717) is 6.42 Å². The van der Waals surface area contributed by atoms with Gasteiger partial charge in [0.05, 0.1) is 6.54 Å². The number of nitrogens with zero attached hydrogens (tertiary/aromatic N) is 3. The van der Waals surface area contributed by atoms with E-state index in [4.69, 9.17) is 4.74 Å². The lowest BCUT2D eigenvalue weighted by Gasteiger charge is -2.17. The maximum absolute atomic E-state index is 12.3. The first kappa shape index (κ1) is 17.7. The number of ether oxygens (including phenoxy) is 1. The van der Waals surface area contributed by atoms with Crippen molar-refractivity contribution in [3.05, 3.63) is 44.1 Å². The first-order chi connectivity index (χ1) is 10.4. The van der Waals surface area contributed by atoms with Crippen LogP contribution in [0.15, 0.2) is 27.0 Å². The molecule has 22 heavy (non-hydrogen) atoms. The fourth-order valence-corrected chi connectivity index (χ4v) is 2.05. The van der Waals surface area contributed by atoms with Gasteiger partial charge in [-0.1, -0.05) is 13.5 Å². The van der Waals surface area contributed by atoms with Gasteiger partial charge in [0.1, 0.15) is 6.10 Å². The van der Waals surface area contributed by atoms with Gasteiger partial charge in [-0.05, 0) is 20.3 Å². The molecule has 1 unspecified atom stereocenters. The van der Waals surface area contributed by atoms with E-state index in [1.165, 1.54) is 0 Å². The number of carbonyl (C=O) groups excluding carboxylic acids is 1. The Kier molecular flexibility index (Phi) is 6.09. The molecule has 0 saturated carbocycles. The molecule has 1 heterocycles. The molecule has 0 amide bonds. The molecule has 0 spiro atoms. The molecule has 0 fully saturated rings. The highest BCUT2D eigenvalue weighted by molar-refractivity contribution is 5.81. The van der Waals surface area contributed by atoms with Gasteiger partial charge in [-0.2, -0.15) is 0 Å². The lowest BCUT2D eigenvalue weighted by Crippen LogP contribution is -2.55. The fourth-order valence-electron chi connectivity index (χ4n) is 2.05. The first-order valence-corrected chi connectivity index (χ1v) is 7.18. The summed E-state index contributed by atoms with van der Waals surface area (Å²) in [6.45, 7) is 8.56. The Labute approximate surface area is 127 Å². The molecule has 1 aromatic heterocycles. The lowest BCUT2D eigenvalue weighted by atomic mass is 10.3. The SMILES string of the molecule is C=CC(=O)OC(CC)Cn1c(=O)n(CC)c(=O)n(CC)c1=O. The van der Waals surface area contributed by atoms with E-state index in [1.54, 1.807) is 20.8 Å². The molecule has 122 valence electrons. The van der Waals surface area contributed by atoms with Crippen molar-refractivity contribution in [1.82, 2.24) is 13.7 Å². The standard InChI is InChI=1S/C14H21N3O5/c1-5-10(22-11(18)6-2)9-17-13(20)15(7-3)12(19)16(8-4)14(17)21/h6,10H,2,5,7-9H2,1,3-4H3. The van der Waals surface area contributed by atoms with Crippen LogP contribution in [0, 0.1) is 0 Å². The number of aromatic nitrogens is 3. The van der Waals surface area contributed by atoms with Crippen LogP contribution in [0.1, 0.15) is 27.2 Å². The second-order valence-electron chi connectivity index (χ2n) is 4.62. The maximum atomic E-state index is 12.3. The summed E-state index contributed by atoms with van der Waals surface area (Å²) in [6, 6.07) is 0. The van der Waals surface area contributed by atoms with E-state index in [1.807, 2.05) is 0 Å². The average Bonchev–Trinajstić information content (AvgIpc) is 2.50. The normalized spacial score (nSPS) is 12.0. The molecule has 0 aromatic carbocycles. The predicted octanol–water partition coefficient (Wildman–Crippen LogP) is -0.281. The van der Waals surface area contributed by atoms with E-state index in [9.17, 15) is 19.2 Å². The molecule has 0 aliphatic carbocycles. The van der Waals surface area contributed by atoms with Crippen molar-refractivity contribution in [3.63, 3.8) is 0 Å². The van der Waals surface area contributed by atoms with E-state index in [-0.39, 0.29) is 19.6 Å². The number of carbonyl (C=O) groups is 1. The van der Waals surface area contributed by atoms with Gasteiger partial charge in [0.25, 0.3) is 0 Å². The summed E-state index contributed by atoms with van der Waals surface area (Å²) in [5.41, 5.74) is -2.03. The summed E-state index contributed by atoms with van der Waals surface area (Å²) in [5, 5.41) is 0. The van der Waals surface area contributed by atoms with Gasteiger partial charge >= 0.3 is 23.0 Å². The minimum atomic E-state index is -0.699. The van der Waals surface area contributed by atoms with Crippen molar-refractivity contribution in [3.8, 4) is 0 Å². The van der Waals surface area contributed by atoms with Crippen LogP contribution in [0.3, 0.4) is 0 Å². The largest absolute Gasteiger partial charge is 0.457 e. The van der Waals surface area contributed by atoms with Crippen molar-refractivity contribution in [1.29, 1.82) is 0 Å². The van der Waals surface area contributed by atoms with Crippen molar-refractivity contribution in [2.24, 2.45) is 0 Å². The van der Waals surface area contributed by atoms with Gasteiger partial charge in [-0.25, -0.2) is 32.9 Å². The third-order valence-corrected chi connectivity index (χ3v) is 3.31. The smallest absolute Gasteiger partial charge is 0.336 e. The van der Waals surface area contributed by atoms with E-state index in [2.05, 4.69) is 6.58 Å². The number of hydrogen-bond acceptors (Lipinski definition) is 5. The van der Waals surface area contributed by atoms with Crippen LogP contribution in [-0.2, 0) is 29.2 Å². The quantitative estimate of drug-likeness (QED) is 0.510. The highest BCUT2D eigenvalue weighted by Gasteiger charge is 2.18. The van der Waals surface area contributed by atoms with Crippen molar-refractivity contribution in [2.75, 3.05) is 0 Å². The minimum Gasteiger partial charge on any atom is -0.457 e. The zero-order valence-corrected chi connectivity index (χ0v) is 13.1. The minimum absolute atomic E-state index is 0.103. The summed E-state index contributed by atoms with van der Waals surface area (Å²) in [7, 11) is 0.